The predicted molar refractivity (Wildman–Crippen MR) is 86.6 cm³/mol. The fraction of sp³-hybridized carbons (Fsp3) is 0.200. The normalized spacial score (nSPS) is 10.3. The molecule has 0 aliphatic heterocycles. The van der Waals surface area contributed by atoms with Crippen LogP contribution in [0.25, 0.3) is 0 Å². The number of nitrogens with one attached hydrogen (secondary N) is 1. The van der Waals surface area contributed by atoms with Crippen molar-refractivity contribution in [3.8, 4) is 0 Å². The van der Waals surface area contributed by atoms with Gasteiger partial charge in [-0.05, 0) is 52.2 Å². The Bertz CT molecular complexity index is 629. The number of rotatable bonds is 4. The predicted octanol–water partition coefficient (Wildman–Crippen LogP) is 4.10. The number of carbonyl (C=O) groups is 1. The lowest BCUT2D eigenvalue weighted by Gasteiger charge is -2.09. The zero-order valence-corrected chi connectivity index (χ0v) is 14.2. The first-order valence-electron chi connectivity index (χ1n) is 6.28. The van der Waals surface area contributed by atoms with Crippen molar-refractivity contribution in [3.63, 3.8) is 0 Å². The molecule has 0 fully saturated rings. The van der Waals surface area contributed by atoms with Gasteiger partial charge in [0.05, 0.1) is 17.8 Å². The molecular weight excluding hydrogens is 384 g/mol. The van der Waals surface area contributed by atoms with Gasteiger partial charge in [-0.2, -0.15) is 0 Å². The van der Waals surface area contributed by atoms with E-state index in [4.69, 9.17) is 0 Å². The Morgan fingerprint density at radius 1 is 1.30 bits per heavy atom. The van der Waals surface area contributed by atoms with E-state index in [0.29, 0.717) is 12.1 Å². The van der Waals surface area contributed by atoms with Crippen LogP contribution < -0.4 is 5.32 Å². The van der Waals surface area contributed by atoms with E-state index in [0.717, 1.165) is 26.6 Å². The average molecular weight is 398 g/mol. The maximum absolute atomic E-state index is 12.2. The lowest BCUT2D eigenvalue weighted by atomic mass is 10.1. The van der Waals surface area contributed by atoms with Crippen LogP contribution in [0.1, 0.15) is 28.5 Å². The highest BCUT2D eigenvalue weighted by atomic mass is 79.9. The molecule has 0 aliphatic carbocycles. The number of pyridine rings is 1. The van der Waals surface area contributed by atoms with E-state index < -0.39 is 0 Å². The van der Waals surface area contributed by atoms with Gasteiger partial charge in [0.25, 0.3) is 5.91 Å². The zero-order valence-electron chi connectivity index (χ0n) is 11.0. The van der Waals surface area contributed by atoms with Crippen LogP contribution in [0.4, 0.5) is 0 Å². The van der Waals surface area contributed by atoms with E-state index >= 15 is 0 Å². The molecule has 1 aromatic heterocycles. The minimum atomic E-state index is -0.114. The Kier molecular flexibility index (Phi) is 5.31. The molecular formula is C15H14Br2N2O. The summed E-state index contributed by atoms with van der Waals surface area (Å²) >= 11 is 6.76. The number of halogens is 2. The fourth-order valence-corrected chi connectivity index (χ4v) is 3.11. The van der Waals surface area contributed by atoms with Gasteiger partial charge in [0, 0.05) is 15.1 Å². The molecule has 0 saturated carbocycles. The Morgan fingerprint density at radius 3 is 2.80 bits per heavy atom. The van der Waals surface area contributed by atoms with E-state index in [-0.39, 0.29) is 5.91 Å². The fourth-order valence-electron chi connectivity index (χ4n) is 1.89. The van der Waals surface area contributed by atoms with E-state index in [9.17, 15) is 4.79 Å². The van der Waals surface area contributed by atoms with Crippen LogP contribution in [0.15, 0.2) is 45.5 Å². The average Bonchev–Trinajstić information content (AvgIpc) is 2.45. The van der Waals surface area contributed by atoms with Crippen molar-refractivity contribution in [2.45, 2.75) is 19.9 Å². The van der Waals surface area contributed by atoms with Gasteiger partial charge >= 0.3 is 0 Å². The highest BCUT2D eigenvalue weighted by Crippen LogP contribution is 2.21. The number of carbonyl (C=O) groups excluding carboxylic acids is 1. The summed E-state index contributed by atoms with van der Waals surface area (Å²) < 4.78 is 1.69. The molecule has 1 amide bonds. The minimum absolute atomic E-state index is 0.114. The molecule has 104 valence electrons. The Labute approximate surface area is 135 Å². The molecule has 1 N–H and O–H groups in total. The third-order valence-corrected chi connectivity index (χ3v) is 4.11. The Morgan fingerprint density at radius 2 is 2.10 bits per heavy atom. The number of benzene rings is 1. The minimum Gasteiger partial charge on any atom is -0.346 e. The maximum Gasteiger partial charge on any atom is 0.252 e. The van der Waals surface area contributed by atoms with E-state index in [2.05, 4.69) is 49.1 Å². The van der Waals surface area contributed by atoms with Crippen molar-refractivity contribution in [1.82, 2.24) is 10.3 Å². The van der Waals surface area contributed by atoms with Crippen LogP contribution in [0, 0.1) is 0 Å². The first-order valence-corrected chi connectivity index (χ1v) is 7.86. The number of amides is 1. The van der Waals surface area contributed by atoms with Crippen molar-refractivity contribution in [1.29, 1.82) is 0 Å². The van der Waals surface area contributed by atoms with Crippen molar-refractivity contribution >= 4 is 37.8 Å². The second-order valence-electron chi connectivity index (χ2n) is 4.27. The SMILES string of the molecule is CCc1cccnc1CNC(=O)c1ccc(Br)cc1Br. The van der Waals surface area contributed by atoms with Crippen molar-refractivity contribution in [2.75, 3.05) is 0 Å². The smallest absolute Gasteiger partial charge is 0.252 e. The van der Waals surface area contributed by atoms with Crippen LogP contribution in [0.5, 0.6) is 0 Å². The largest absolute Gasteiger partial charge is 0.346 e. The van der Waals surface area contributed by atoms with Crippen LogP contribution in [-0.2, 0) is 13.0 Å². The number of nitrogens with zero attached hydrogens (tertiary/aromatic N) is 1. The highest BCUT2D eigenvalue weighted by molar-refractivity contribution is 9.11. The second-order valence-corrected chi connectivity index (χ2v) is 6.04. The summed E-state index contributed by atoms with van der Waals surface area (Å²) in [4.78, 5) is 16.5. The summed E-state index contributed by atoms with van der Waals surface area (Å²) in [6.07, 6.45) is 2.65. The van der Waals surface area contributed by atoms with Gasteiger partial charge in [0.1, 0.15) is 0 Å². The summed E-state index contributed by atoms with van der Waals surface area (Å²) in [6, 6.07) is 9.42. The maximum atomic E-state index is 12.2. The molecule has 2 rings (SSSR count). The molecule has 0 unspecified atom stereocenters. The van der Waals surface area contributed by atoms with E-state index in [1.165, 1.54) is 0 Å². The first-order chi connectivity index (χ1) is 9.61. The third kappa shape index (κ3) is 3.67. The number of aryl methyl sites for hydroxylation is 1. The highest BCUT2D eigenvalue weighted by Gasteiger charge is 2.11. The van der Waals surface area contributed by atoms with Crippen molar-refractivity contribution < 1.29 is 4.79 Å². The Balaban J connectivity index is 2.09. The molecule has 1 heterocycles. The van der Waals surface area contributed by atoms with Gasteiger partial charge in [0.2, 0.25) is 0 Å². The summed E-state index contributed by atoms with van der Waals surface area (Å²) in [5.74, 6) is -0.114. The molecule has 0 saturated heterocycles. The molecule has 1 aromatic carbocycles. The van der Waals surface area contributed by atoms with Crippen LogP contribution in [-0.4, -0.2) is 10.9 Å². The molecule has 3 nitrogen and oxygen atoms in total. The van der Waals surface area contributed by atoms with Crippen molar-refractivity contribution in [2.24, 2.45) is 0 Å². The first kappa shape index (κ1) is 15.2. The topological polar surface area (TPSA) is 42.0 Å². The van der Waals surface area contributed by atoms with Crippen LogP contribution in [0.2, 0.25) is 0 Å². The molecule has 0 atom stereocenters. The molecule has 0 bridgehead atoms. The van der Waals surface area contributed by atoms with E-state index in [1.54, 1.807) is 12.3 Å². The number of hydrogen-bond acceptors (Lipinski definition) is 2. The standard InChI is InChI=1S/C15H14Br2N2O/c1-2-10-4-3-7-18-14(10)9-19-15(20)12-6-5-11(16)8-13(12)17/h3-8H,2,9H2,1H3,(H,19,20). The lowest BCUT2D eigenvalue weighted by molar-refractivity contribution is 0.0949. The van der Waals surface area contributed by atoms with Gasteiger partial charge in [-0.25, -0.2) is 0 Å². The lowest BCUT2D eigenvalue weighted by Crippen LogP contribution is -2.24. The molecule has 0 spiro atoms. The molecule has 20 heavy (non-hydrogen) atoms. The monoisotopic (exact) mass is 396 g/mol. The summed E-state index contributed by atoms with van der Waals surface area (Å²) in [7, 11) is 0. The van der Waals surface area contributed by atoms with Gasteiger partial charge < -0.3 is 5.32 Å². The quantitative estimate of drug-likeness (QED) is 0.843. The second kappa shape index (κ2) is 6.99. The molecule has 0 radical (unpaired) electrons. The van der Waals surface area contributed by atoms with Gasteiger partial charge in [0.15, 0.2) is 0 Å². The zero-order chi connectivity index (χ0) is 14.5. The Hall–Kier alpha value is -1.20. The van der Waals surface area contributed by atoms with Gasteiger partial charge in [-0.1, -0.05) is 28.9 Å². The summed E-state index contributed by atoms with van der Waals surface area (Å²) in [6.45, 7) is 2.51. The van der Waals surface area contributed by atoms with Crippen LogP contribution >= 0.6 is 31.9 Å². The van der Waals surface area contributed by atoms with E-state index in [1.807, 2.05) is 24.3 Å². The molecule has 5 heteroatoms. The number of hydrogen-bond donors (Lipinski definition) is 1. The van der Waals surface area contributed by atoms with Gasteiger partial charge in [-0.15, -0.1) is 0 Å². The summed E-state index contributed by atoms with van der Waals surface area (Å²) in [5.41, 5.74) is 2.68. The number of aromatic nitrogens is 1. The van der Waals surface area contributed by atoms with Crippen LogP contribution in [0.3, 0.4) is 0 Å². The van der Waals surface area contributed by atoms with Gasteiger partial charge in [-0.3, -0.25) is 9.78 Å². The third-order valence-electron chi connectivity index (χ3n) is 2.96. The molecule has 2 aromatic rings. The van der Waals surface area contributed by atoms with Crippen molar-refractivity contribution in [3.05, 3.63) is 62.3 Å². The summed E-state index contributed by atoms with van der Waals surface area (Å²) in [5, 5.41) is 2.90. The molecule has 0 aliphatic rings.